The number of nitrogens with one attached hydrogen (secondary N) is 2. The maximum absolute atomic E-state index is 12.4. The average molecular weight is 385 g/mol. The number of thiazole rings is 1. The van der Waals surface area contributed by atoms with E-state index in [0.717, 1.165) is 42.7 Å². The molecule has 2 aliphatic rings. The molecule has 1 aromatic carbocycles. The van der Waals surface area contributed by atoms with Crippen LogP contribution in [0.5, 0.6) is 0 Å². The summed E-state index contributed by atoms with van der Waals surface area (Å²) in [4.78, 5) is 32.0. The maximum Gasteiger partial charge on any atom is 0.317 e. The van der Waals surface area contributed by atoms with Crippen LogP contribution in [0, 0.1) is 5.92 Å². The molecule has 27 heavy (non-hydrogen) atoms. The molecule has 1 fully saturated rings. The van der Waals surface area contributed by atoms with Gasteiger partial charge in [0.1, 0.15) is 0 Å². The summed E-state index contributed by atoms with van der Waals surface area (Å²) < 4.78 is 0. The van der Waals surface area contributed by atoms with Gasteiger partial charge in [0.2, 0.25) is 5.91 Å². The van der Waals surface area contributed by atoms with E-state index < -0.39 is 0 Å². The molecular weight excluding hydrogens is 360 g/mol. The van der Waals surface area contributed by atoms with Crippen LogP contribution in [0.2, 0.25) is 0 Å². The highest BCUT2D eigenvalue weighted by Crippen LogP contribution is 2.31. The van der Waals surface area contributed by atoms with E-state index in [1.54, 1.807) is 0 Å². The van der Waals surface area contributed by atoms with Gasteiger partial charge in [-0.2, -0.15) is 0 Å². The lowest BCUT2D eigenvalue weighted by Gasteiger charge is -2.26. The van der Waals surface area contributed by atoms with Crippen molar-refractivity contribution in [2.75, 3.05) is 18.4 Å². The third kappa shape index (κ3) is 4.30. The third-order valence-corrected chi connectivity index (χ3v) is 6.26. The Morgan fingerprint density at radius 3 is 2.78 bits per heavy atom. The summed E-state index contributed by atoms with van der Waals surface area (Å²) in [6.07, 6.45) is 4.66. The van der Waals surface area contributed by atoms with Crippen LogP contribution in [-0.4, -0.2) is 34.9 Å². The highest BCUT2D eigenvalue weighted by molar-refractivity contribution is 7.15. The molecule has 0 bridgehead atoms. The van der Waals surface area contributed by atoms with E-state index in [4.69, 9.17) is 0 Å². The number of hydrogen-bond donors (Lipinski definition) is 2. The molecule has 0 saturated heterocycles. The lowest BCUT2D eigenvalue weighted by Crippen LogP contribution is -2.43. The summed E-state index contributed by atoms with van der Waals surface area (Å²) in [5.74, 6) is 0.237. The summed E-state index contributed by atoms with van der Waals surface area (Å²) in [7, 11) is 0. The average Bonchev–Trinajstić information content (AvgIpc) is 3.02. The fraction of sp³-hybridized carbons (Fsp3) is 0.450. The zero-order chi connectivity index (χ0) is 18.6. The Morgan fingerprint density at radius 1 is 1.22 bits per heavy atom. The first-order valence-corrected chi connectivity index (χ1v) is 10.4. The first-order chi connectivity index (χ1) is 13.2. The lowest BCUT2D eigenvalue weighted by molar-refractivity contribution is -0.122. The summed E-state index contributed by atoms with van der Waals surface area (Å²) >= 11 is 1.49. The van der Waals surface area contributed by atoms with Crippen molar-refractivity contribution < 1.29 is 9.59 Å². The van der Waals surface area contributed by atoms with Crippen LogP contribution in [0.1, 0.15) is 35.4 Å². The van der Waals surface area contributed by atoms with Crippen LogP contribution in [0.4, 0.5) is 9.93 Å². The number of rotatable bonds is 5. The maximum atomic E-state index is 12.4. The molecule has 0 spiro atoms. The van der Waals surface area contributed by atoms with E-state index in [2.05, 4.69) is 27.8 Å². The monoisotopic (exact) mass is 384 g/mol. The Labute approximate surface area is 163 Å². The lowest BCUT2D eigenvalue weighted by atomic mass is 9.85. The quantitative estimate of drug-likeness (QED) is 0.831. The second kappa shape index (κ2) is 8.08. The highest BCUT2D eigenvalue weighted by atomic mass is 32.1. The normalized spacial score (nSPS) is 16.4. The van der Waals surface area contributed by atoms with Crippen molar-refractivity contribution in [2.24, 2.45) is 5.92 Å². The van der Waals surface area contributed by atoms with Gasteiger partial charge in [-0.25, -0.2) is 9.78 Å². The van der Waals surface area contributed by atoms with Gasteiger partial charge >= 0.3 is 6.03 Å². The zero-order valence-corrected chi connectivity index (χ0v) is 16.1. The van der Waals surface area contributed by atoms with Gasteiger partial charge in [-0.3, -0.25) is 4.79 Å². The molecule has 142 valence electrons. The minimum atomic E-state index is -0.0370. The van der Waals surface area contributed by atoms with Gasteiger partial charge in [0.15, 0.2) is 5.13 Å². The van der Waals surface area contributed by atoms with Gasteiger partial charge in [0, 0.05) is 30.3 Å². The first-order valence-electron chi connectivity index (χ1n) is 9.55. The van der Waals surface area contributed by atoms with Gasteiger partial charge in [0.25, 0.3) is 0 Å². The third-order valence-electron chi connectivity index (χ3n) is 5.26. The van der Waals surface area contributed by atoms with Crippen molar-refractivity contribution in [1.82, 2.24) is 15.2 Å². The molecule has 1 aromatic heterocycles. The topological polar surface area (TPSA) is 74.3 Å². The fourth-order valence-electron chi connectivity index (χ4n) is 3.37. The number of aromatic nitrogens is 1. The van der Waals surface area contributed by atoms with Gasteiger partial charge in [-0.15, -0.1) is 0 Å². The standard InChI is InChI=1S/C20H24N4O2S/c25-18(15-7-4-8-15)23-19-22-16-10-12-24(13-17(16)27-19)20(26)21-11-9-14-5-2-1-3-6-14/h1-3,5-6,15H,4,7-13H2,(H,21,26)(H,22,23,25). The van der Waals surface area contributed by atoms with Crippen LogP contribution >= 0.6 is 11.3 Å². The molecule has 2 N–H and O–H groups in total. The SMILES string of the molecule is O=C(Nc1nc2c(s1)CN(C(=O)NCCc1ccccc1)CC2)C1CCC1. The van der Waals surface area contributed by atoms with Gasteiger partial charge in [0.05, 0.1) is 12.2 Å². The van der Waals surface area contributed by atoms with Gasteiger partial charge < -0.3 is 15.5 Å². The molecule has 3 amide bonds. The minimum Gasteiger partial charge on any atom is -0.338 e. The second-order valence-corrected chi connectivity index (χ2v) is 8.23. The smallest absolute Gasteiger partial charge is 0.317 e. The van der Waals surface area contributed by atoms with E-state index in [-0.39, 0.29) is 17.9 Å². The molecular formula is C20H24N4O2S. The van der Waals surface area contributed by atoms with Gasteiger partial charge in [-0.1, -0.05) is 48.1 Å². The Hall–Kier alpha value is -2.41. The number of amides is 3. The predicted molar refractivity (Wildman–Crippen MR) is 106 cm³/mol. The fourth-order valence-corrected chi connectivity index (χ4v) is 4.40. The van der Waals surface area contributed by atoms with Crippen molar-refractivity contribution in [3.8, 4) is 0 Å². The molecule has 2 heterocycles. The Kier molecular flexibility index (Phi) is 5.38. The van der Waals surface area contributed by atoms with Crippen molar-refractivity contribution in [2.45, 2.75) is 38.6 Å². The summed E-state index contributed by atoms with van der Waals surface area (Å²) in [5, 5.41) is 6.62. The molecule has 1 aliphatic carbocycles. The Morgan fingerprint density at radius 2 is 2.04 bits per heavy atom. The molecule has 6 nitrogen and oxygen atoms in total. The molecule has 0 unspecified atom stereocenters. The number of carbonyl (C=O) groups is 2. The van der Waals surface area contributed by atoms with Crippen LogP contribution < -0.4 is 10.6 Å². The number of carbonyl (C=O) groups excluding carboxylic acids is 2. The van der Waals surface area contributed by atoms with E-state index >= 15 is 0 Å². The molecule has 4 rings (SSSR count). The zero-order valence-electron chi connectivity index (χ0n) is 15.2. The van der Waals surface area contributed by atoms with E-state index in [0.29, 0.717) is 24.8 Å². The summed E-state index contributed by atoms with van der Waals surface area (Å²) in [5.41, 5.74) is 2.23. The van der Waals surface area contributed by atoms with Crippen LogP contribution in [0.25, 0.3) is 0 Å². The molecule has 1 saturated carbocycles. The number of anilines is 1. The minimum absolute atomic E-state index is 0.0370. The molecule has 0 radical (unpaired) electrons. The Balaban J connectivity index is 1.28. The number of benzene rings is 1. The molecule has 7 heteroatoms. The van der Waals surface area contributed by atoms with E-state index in [1.807, 2.05) is 23.1 Å². The number of fused-ring (bicyclic) bond motifs is 1. The number of hydrogen-bond acceptors (Lipinski definition) is 4. The Bertz CT molecular complexity index is 817. The van der Waals surface area contributed by atoms with Crippen LogP contribution in [-0.2, 0) is 24.2 Å². The number of urea groups is 1. The molecule has 2 aromatic rings. The van der Waals surface area contributed by atoms with Crippen LogP contribution in [0.15, 0.2) is 30.3 Å². The predicted octanol–water partition coefficient (Wildman–Crippen LogP) is 3.19. The second-order valence-electron chi connectivity index (χ2n) is 7.15. The van der Waals surface area contributed by atoms with E-state index in [1.165, 1.54) is 16.9 Å². The molecule has 1 aliphatic heterocycles. The van der Waals surface area contributed by atoms with E-state index in [9.17, 15) is 9.59 Å². The summed E-state index contributed by atoms with van der Waals surface area (Å²) in [6.45, 7) is 1.84. The number of nitrogens with zero attached hydrogens (tertiary/aromatic N) is 2. The van der Waals surface area contributed by atoms with Crippen molar-refractivity contribution in [3.05, 3.63) is 46.5 Å². The van der Waals surface area contributed by atoms with Crippen molar-refractivity contribution in [1.29, 1.82) is 0 Å². The van der Waals surface area contributed by atoms with Gasteiger partial charge in [-0.05, 0) is 24.8 Å². The first kappa shape index (κ1) is 18.0. The van der Waals surface area contributed by atoms with Crippen molar-refractivity contribution >= 4 is 28.4 Å². The highest BCUT2D eigenvalue weighted by Gasteiger charge is 2.28. The van der Waals surface area contributed by atoms with Crippen LogP contribution in [0.3, 0.4) is 0 Å². The molecule has 0 atom stereocenters. The van der Waals surface area contributed by atoms with Crippen molar-refractivity contribution in [3.63, 3.8) is 0 Å². The summed E-state index contributed by atoms with van der Waals surface area (Å²) in [6, 6.07) is 10.1. The largest absolute Gasteiger partial charge is 0.338 e.